The minimum Gasteiger partial charge on any atom is -0.282 e. The summed E-state index contributed by atoms with van der Waals surface area (Å²) in [6.07, 6.45) is 2.03. The van der Waals surface area contributed by atoms with E-state index in [0.717, 1.165) is 18.4 Å². The first-order chi connectivity index (χ1) is 6.93. The number of hydrogen-bond acceptors (Lipinski definition) is 2. The predicted octanol–water partition coefficient (Wildman–Crippen LogP) is 2.52. The molecule has 0 heterocycles. The molecule has 0 saturated heterocycles. The minimum absolute atomic E-state index is 0.0459. The van der Waals surface area contributed by atoms with Crippen molar-refractivity contribution in [2.45, 2.75) is 31.6 Å². The molecule has 84 valence electrons. The Morgan fingerprint density at radius 3 is 2.20 bits per heavy atom. The molecule has 0 aliphatic heterocycles. The van der Waals surface area contributed by atoms with E-state index in [1.807, 2.05) is 0 Å². The average molecular weight is 228 g/mol. The van der Waals surface area contributed by atoms with E-state index in [0.29, 0.717) is 5.92 Å². The Morgan fingerprint density at radius 2 is 1.80 bits per heavy atom. The Kier molecular flexibility index (Phi) is 3.88. The second-order valence-corrected chi connectivity index (χ2v) is 5.26. The molecule has 0 fully saturated rings. The first kappa shape index (κ1) is 12.2. The fraction of sp³-hybridized carbons (Fsp3) is 0.455. The highest BCUT2D eigenvalue weighted by molar-refractivity contribution is 7.85. The Bertz CT molecular complexity index is 406. The van der Waals surface area contributed by atoms with Gasteiger partial charge in [0.2, 0.25) is 0 Å². The van der Waals surface area contributed by atoms with E-state index >= 15 is 0 Å². The smallest absolute Gasteiger partial charge is 0.282 e. The van der Waals surface area contributed by atoms with Crippen molar-refractivity contribution in [2.24, 2.45) is 5.92 Å². The first-order valence-corrected chi connectivity index (χ1v) is 6.44. The van der Waals surface area contributed by atoms with E-state index in [9.17, 15) is 8.42 Å². The third-order valence-electron chi connectivity index (χ3n) is 2.50. The third-order valence-corrected chi connectivity index (χ3v) is 3.37. The fourth-order valence-electron chi connectivity index (χ4n) is 1.34. The van der Waals surface area contributed by atoms with E-state index in [1.165, 1.54) is 12.1 Å². The van der Waals surface area contributed by atoms with Crippen molar-refractivity contribution < 1.29 is 13.0 Å². The van der Waals surface area contributed by atoms with Gasteiger partial charge < -0.3 is 0 Å². The summed E-state index contributed by atoms with van der Waals surface area (Å²) in [6.45, 7) is 4.27. The van der Waals surface area contributed by atoms with Crippen LogP contribution in [0.15, 0.2) is 29.2 Å². The van der Waals surface area contributed by atoms with Crippen LogP contribution in [0.1, 0.15) is 25.8 Å². The maximum absolute atomic E-state index is 10.8. The van der Waals surface area contributed by atoms with Crippen molar-refractivity contribution in [1.29, 1.82) is 0 Å². The molecule has 0 aliphatic rings. The number of rotatable bonds is 4. The van der Waals surface area contributed by atoms with E-state index in [2.05, 4.69) is 13.8 Å². The van der Waals surface area contributed by atoms with Gasteiger partial charge in [-0.25, -0.2) is 0 Å². The second kappa shape index (κ2) is 4.77. The molecule has 0 aliphatic carbocycles. The van der Waals surface area contributed by atoms with Crippen LogP contribution in [0, 0.1) is 5.92 Å². The Labute approximate surface area is 90.9 Å². The standard InChI is InChI=1S/C11H16O3S/c1-3-9(2)8-10-4-6-11(7-5-10)15(12,13)14/h4-7,9H,3,8H2,1-2H3,(H,12,13,14)/t9-/m1/s1. The summed E-state index contributed by atoms with van der Waals surface area (Å²) < 4.78 is 30.3. The van der Waals surface area contributed by atoms with Crippen molar-refractivity contribution >= 4 is 10.1 Å². The molecule has 4 heteroatoms. The van der Waals surface area contributed by atoms with Crippen molar-refractivity contribution in [3.05, 3.63) is 29.8 Å². The average Bonchev–Trinajstić information content (AvgIpc) is 2.17. The highest BCUT2D eigenvalue weighted by Gasteiger charge is 2.08. The van der Waals surface area contributed by atoms with Gasteiger partial charge in [0.1, 0.15) is 0 Å². The Morgan fingerprint density at radius 1 is 1.27 bits per heavy atom. The Hall–Kier alpha value is -0.870. The second-order valence-electron chi connectivity index (χ2n) is 3.84. The van der Waals surface area contributed by atoms with Gasteiger partial charge in [-0.05, 0) is 30.0 Å². The molecular weight excluding hydrogens is 212 g/mol. The lowest BCUT2D eigenvalue weighted by Gasteiger charge is -2.08. The molecule has 1 N–H and O–H groups in total. The van der Waals surface area contributed by atoms with Gasteiger partial charge in [0.25, 0.3) is 10.1 Å². The van der Waals surface area contributed by atoms with Gasteiger partial charge in [0, 0.05) is 0 Å². The van der Waals surface area contributed by atoms with Crippen LogP contribution in [0.25, 0.3) is 0 Å². The van der Waals surface area contributed by atoms with Crippen LogP contribution in [0.4, 0.5) is 0 Å². The molecule has 0 saturated carbocycles. The molecular formula is C11H16O3S. The van der Waals surface area contributed by atoms with Crippen molar-refractivity contribution in [3.63, 3.8) is 0 Å². The lowest BCUT2D eigenvalue weighted by atomic mass is 9.99. The number of hydrogen-bond donors (Lipinski definition) is 1. The molecule has 15 heavy (non-hydrogen) atoms. The maximum atomic E-state index is 10.8. The zero-order valence-corrected chi connectivity index (χ0v) is 9.79. The van der Waals surface area contributed by atoms with Crippen LogP contribution in [-0.4, -0.2) is 13.0 Å². The molecule has 0 amide bonds. The lowest BCUT2D eigenvalue weighted by molar-refractivity contribution is 0.483. The van der Waals surface area contributed by atoms with Gasteiger partial charge >= 0.3 is 0 Å². The monoisotopic (exact) mass is 228 g/mol. The van der Waals surface area contributed by atoms with Gasteiger partial charge in [-0.2, -0.15) is 8.42 Å². The summed E-state index contributed by atoms with van der Waals surface area (Å²) in [6, 6.07) is 6.37. The van der Waals surface area contributed by atoms with Crippen LogP contribution in [-0.2, 0) is 16.5 Å². The van der Waals surface area contributed by atoms with Gasteiger partial charge in [-0.1, -0.05) is 32.4 Å². The molecule has 1 rings (SSSR count). The molecule has 0 radical (unpaired) electrons. The van der Waals surface area contributed by atoms with Crippen LogP contribution in [0.2, 0.25) is 0 Å². The van der Waals surface area contributed by atoms with Crippen LogP contribution >= 0.6 is 0 Å². The summed E-state index contributed by atoms with van der Waals surface area (Å²) in [4.78, 5) is -0.0459. The van der Waals surface area contributed by atoms with Gasteiger partial charge in [0.05, 0.1) is 4.90 Å². The zero-order valence-electron chi connectivity index (χ0n) is 8.97. The van der Waals surface area contributed by atoms with Crippen molar-refractivity contribution in [2.75, 3.05) is 0 Å². The van der Waals surface area contributed by atoms with E-state index in [1.54, 1.807) is 12.1 Å². The molecule has 0 bridgehead atoms. The first-order valence-electron chi connectivity index (χ1n) is 5.00. The van der Waals surface area contributed by atoms with Crippen LogP contribution in [0.3, 0.4) is 0 Å². The topological polar surface area (TPSA) is 54.4 Å². The molecule has 0 spiro atoms. The van der Waals surface area contributed by atoms with Gasteiger partial charge in [-0.3, -0.25) is 4.55 Å². The van der Waals surface area contributed by atoms with Gasteiger partial charge in [-0.15, -0.1) is 0 Å². The largest absolute Gasteiger partial charge is 0.294 e. The SMILES string of the molecule is CC[C@@H](C)Cc1ccc(S(=O)(=O)O)cc1. The fourth-order valence-corrected chi connectivity index (χ4v) is 1.82. The van der Waals surface area contributed by atoms with E-state index < -0.39 is 10.1 Å². The van der Waals surface area contributed by atoms with Crippen molar-refractivity contribution in [3.8, 4) is 0 Å². The summed E-state index contributed by atoms with van der Waals surface area (Å²) in [5.74, 6) is 0.585. The maximum Gasteiger partial charge on any atom is 0.294 e. The summed E-state index contributed by atoms with van der Waals surface area (Å²) in [5, 5.41) is 0. The van der Waals surface area contributed by atoms with E-state index in [4.69, 9.17) is 4.55 Å². The quantitative estimate of drug-likeness (QED) is 0.806. The molecule has 0 unspecified atom stereocenters. The highest BCUT2D eigenvalue weighted by Crippen LogP contribution is 2.14. The van der Waals surface area contributed by atoms with E-state index in [-0.39, 0.29) is 4.90 Å². The normalized spacial score (nSPS) is 13.8. The Balaban J connectivity index is 2.82. The summed E-state index contributed by atoms with van der Waals surface area (Å²) >= 11 is 0. The van der Waals surface area contributed by atoms with Gasteiger partial charge in [0.15, 0.2) is 0 Å². The molecule has 3 nitrogen and oxygen atoms in total. The molecule has 0 aromatic heterocycles. The molecule has 1 aromatic rings. The van der Waals surface area contributed by atoms with Crippen molar-refractivity contribution in [1.82, 2.24) is 0 Å². The number of benzene rings is 1. The minimum atomic E-state index is -4.05. The molecule has 1 aromatic carbocycles. The summed E-state index contributed by atoms with van der Waals surface area (Å²) in [7, 11) is -4.05. The predicted molar refractivity (Wildman–Crippen MR) is 59.4 cm³/mol. The lowest BCUT2D eigenvalue weighted by Crippen LogP contribution is -2.00. The van der Waals surface area contributed by atoms with Crippen LogP contribution < -0.4 is 0 Å². The van der Waals surface area contributed by atoms with Crippen LogP contribution in [0.5, 0.6) is 0 Å². The highest BCUT2D eigenvalue weighted by atomic mass is 32.2. The summed E-state index contributed by atoms with van der Waals surface area (Å²) in [5.41, 5.74) is 1.09. The molecule has 1 atom stereocenters. The third kappa shape index (κ3) is 3.64. The zero-order chi connectivity index (χ0) is 11.5.